The summed E-state index contributed by atoms with van der Waals surface area (Å²) in [5.74, 6) is -0.666. The topological polar surface area (TPSA) is 76.4 Å². The molecule has 1 aromatic heterocycles. The Bertz CT molecular complexity index is 976. The number of fused-ring (bicyclic) bond motifs is 1. The van der Waals surface area contributed by atoms with Gasteiger partial charge < -0.3 is 9.73 Å². The number of carbonyl (C=O) groups excluding carboxylic acids is 1. The van der Waals surface area contributed by atoms with Gasteiger partial charge in [0.05, 0.1) is 10.9 Å². The molecule has 0 aliphatic carbocycles. The number of rotatable bonds is 5. The minimum Gasteiger partial charge on any atom is -0.459 e. The highest BCUT2D eigenvalue weighted by Gasteiger charge is 2.21. The summed E-state index contributed by atoms with van der Waals surface area (Å²) in [5.41, 5.74) is 0.715. The summed E-state index contributed by atoms with van der Waals surface area (Å²) in [4.78, 5) is 12.2. The van der Waals surface area contributed by atoms with Gasteiger partial charge in [-0.1, -0.05) is 29.8 Å². The van der Waals surface area contributed by atoms with E-state index in [1.165, 1.54) is 24.3 Å². The van der Waals surface area contributed by atoms with E-state index in [2.05, 4.69) is 5.32 Å². The normalized spacial score (nSPS) is 12.9. The van der Waals surface area contributed by atoms with Gasteiger partial charge in [-0.15, -0.1) is 0 Å². The molecule has 0 spiro atoms. The van der Waals surface area contributed by atoms with Gasteiger partial charge in [0.2, 0.25) is 5.91 Å². The van der Waals surface area contributed by atoms with Crippen LogP contribution in [0.25, 0.3) is 11.0 Å². The molecule has 0 saturated heterocycles. The number of hydrogen-bond acceptors (Lipinski definition) is 4. The lowest BCUT2D eigenvalue weighted by Crippen LogP contribution is -2.32. The first kappa shape index (κ1) is 17.5. The lowest BCUT2D eigenvalue weighted by Gasteiger charge is -2.11. The Morgan fingerprint density at radius 2 is 1.84 bits per heavy atom. The van der Waals surface area contributed by atoms with E-state index in [0.29, 0.717) is 16.4 Å². The summed E-state index contributed by atoms with van der Waals surface area (Å²) in [6.07, 6.45) is 0. The van der Waals surface area contributed by atoms with Gasteiger partial charge in [0.15, 0.2) is 9.84 Å². The predicted molar refractivity (Wildman–Crippen MR) is 96.3 cm³/mol. The minimum atomic E-state index is -3.73. The van der Waals surface area contributed by atoms with E-state index in [1.807, 2.05) is 30.3 Å². The van der Waals surface area contributed by atoms with Gasteiger partial charge in [-0.05, 0) is 43.3 Å². The molecule has 0 radical (unpaired) electrons. The second-order valence-electron chi connectivity index (χ2n) is 5.69. The van der Waals surface area contributed by atoms with E-state index >= 15 is 0 Å². The van der Waals surface area contributed by atoms with Crippen LogP contribution in [0.15, 0.2) is 63.9 Å². The number of furan rings is 1. The second kappa shape index (κ2) is 6.90. The first-order valence-corrected chi connectivity index (χ1v) is 9.64. The molecule has 1 heterocycles. The van der Waals surface area contributed by atoms with Crippen molar-refractivity contribution in [2.75, 3.05) is 5.75 Å². The highest BCUT2D eigenvalue weighted by atomic mass is 35.5. The number of hydrogen-bond donors (Lipinski definition) is 1. The summed E-state index contributed by atoms with van der Waals surface area (Å²) in [6.45, 7) is 1.74. The van der Waals surface area contributed by atoms with Crippen molar-refractivity contribution < 1.29 is 17.6 Å². The van der Waals surface area contributed by atoms with Gasteiger partial charge in [0.1, 0.15) is 17.1 Å². The van der Waals surface area contributed by atoms with Crippen LogP contribution >= 0.6 is 11.6 Å². The first-order chi connectivity index (χ1) is 11.8. The highest BCUT2D eigenvalue weighted by molar-refractivity contribution is 7.92. The molecular weight excluding hydrogens is 362 g/mol. The SMILES string of the molecule is C[C@@H](NC(=O)CS(=O)(=O)c1ccc(Cl)cc1)c1cc2ccccc2o1. The third-order valence-electron chi connectivity index (χ3n) is 3.74. The molecule has 1 amide bonds. The molecule has 7 heteroatoms. The number of carbonyl (C=O) groups is 1. The molecule has 130 valence electrons. The summed E-state index contributed by atoms with van der Waals surface area (Å²) in [5, 5.41) is 4.01. The van der Waals surface area contributed by atoms with Crippen molar-refractivity contribution in [3.63, 3.8) is 0 Å². The molecule has 0 bridgehead atoms. The molecular formula is C18H16ClNO4S. The van der Waals surface area contributed by atoms with Gasteiger partial charge >= 0.3 is 0 Å². The Kier molecular flexibility index (Phi) is 4.83. The molecule has 25 heavy (non-hydrogen) atoms. The third-order valence-corrected chi connectivity index (χ3v) is 5.63. The molecule has 2 aromatic carbocycles. The van der Waals surface area contributed by atoms with Crippen LogP contribution < -0.4 is 5.32 Å². The zero-order chi connectivity index (χ0) is 18.0. The van der Waals surface area contributed by atoms with Gasteiger partial charge in [-0.2, -0.15) is 0 Å². The van der Waals surface area contributed by atoms with Crippen molar-refractivity contribution in [3.8, 4) is 0 Å². The quantitative estimate of drug-likeness (QED) is 0.734. The van der Waals surface area contributed by atoms with Gasteiger partial charge in [-0.25, -0.2) is 8.42 Å². The second-order valence-corrected chi connectivity index (χ2v) is 8.11. The molecule has 0 saturated carbocycles. The number of sulfone groups is 1. The molecule has 0 unspecified atom stereocenters. The number of amides is 1. The van der Waals surface area contributed by atoms with Crippen molar-refractivity contribution in [2.45, 2.75) is 17.9 Å². The van der Waals surface area contributed by atoms with Crippen LogP contribution in [0.5, 0.6) is 0 Å². The Morgan fingerprint density at radius 3 is 2.52 bits per heavy atom. The highest BCUT2D eigenvalue weighted by Crippen LogP contribution is 2.23. The zero-order valence-corrected chi connectivity index (χ0v) is 15.0. The molecule has 0 aliphatic heterocycles. The lowest BCUT2D eigenvalue weighted by molar-refractivity contribution is -0.119. The Morgan fingerprint density at radius 1 is 1.16 bits per heavy atom. The maximum absolute atomic E-state index is 12.3. The van der Waals surface area contributed by atoms with Crippen LogP contribution in [-0.2, 0) is 14.6 Å². The molecule has 3 rings (SSSR count). The van der Waals surface area contributed by atoms with Crippen molar-refractivity contribution >= 4 is 38.3 Å². The van der Waals surface area contributed by atoms with E-state index in [9.17, 15) is 13.2 Å². The zero-order valence-electron chi connectivity index (χ0n) is 13.4. The van der Waals surface area contributed by atoms with Gasteiger partial charge in [0.25, 0.3) is 0 Å². The smallest absolute Gasteiger partial charge is 0.236 e. The average molecular weight is 378 g/mol. The lowest BCUT2D eigenvalue weighted by atomic mass is 10.2. The maximum atomic E-state index is 12.3. The van der Waals surface area contributed by atoms with Gasteiger partial charge in [0, 0.05) is 10.4 Å². The summed E-state index contributed by atoms with van der Waals surface area (Å²) < 4.78 is 30.3. The number of para-hydroxylation sites is 1. The van der Waals surface area contributed by atoms with Crippen molar-refractivity contribution in [1.82, 2.24) is 5.32 Å². The molecule has 1 atom stereocenters. The number of nitrogens with one attached hydrogen (secondary N) is 1. The van der Waals surface area contributed by atoms with E-state index in [1.54, 1.807) is 6.92 Å². The van der Waals surface area contributed by atoms with Crippen molar-refractivity contribution in [3.05, 3.63) is 65.4 Å². The van der Waals surface area contributed by atoms with E-state index in [4.69, 9.17) is 16.0 Å². The Labute approximate surface area is 150 Å². The first-order valence-electron chi connectivity index (χ1n) is 7.61. The average Bonchev–Trinajstić information content (AvgIpc) is 2.99. The molecule has 0 aliphatic rings. The number of halogens is 1. The van der Waals surface area contributed by atoms with Crippen LogP contribution in [0, 0.1) is 0 Å². The van der Waals surface area contributed by atoms with Crippen molar-refractivity contribution in [2.24, 2.45) is 0 Å². The largest absolute Gasteiger partial charge is 0.459 e. The molecule has 3 aromatic rings. The predicted octanol–water partition coefficient (Wildman–Crippen LogP) is 3.74. The molecule has 1 N–H and O–H groups in total. The fourth-order valence-electron chi connectivity index (χ4n) is 2.47. The maximum Gasteiger partial charge on any atom is 0.236 e. The van der Waals surface area contributed by atoms with E-state index in [-0.39, 0.29) is 4.90 Å². The van der Waals surface area contributed by atoms with Crippen LogP contribution in [-0.4, -0.2) is 20.1 Å². The summed E-state index contributed by atoms with van der Waals surface area (Å²) in [7, 11) is -3.73. The number of benzene rings is 2. The monoisotopic (exact) mass is 377 g/mol. The fraction of sp³-hybridized carbons (Fsp3) is 0.167. The van der Waals surface area contributed by atoms with E-state index < -0.39 is 27.5 Å². The van der Waals surface area contributed by atoms with Crippen LogP contribution in [0.1, 0.15) is 18.7 Å². The summed E-state index contributed by atoms with van der Waals surface area (Å²) in [6, 6.07) is 14.6. The fourth-order valence-corrected chi connectivity index (χ4v) is 3.74. The molecule has 0 fully saturated rings. The van der Waals surface area contributed by atoms with Crippen molar-refractivity contribution in [1.29, 1.82) is 0 Å². The van der Waals surface area contributed by atoms with Crippen LogP contribution in [0.4, 0.5) is 0 Å². The Balaban J connectivity index is 1.70. The molecule has 5 nitrogen and oxygen atoms in total. The minimum absolute atomic E-state index is 0.0587. The van der Waals surface area contributed by atoms with Crippen LogP contribution in [0.3, 0.4) is 0 Å². The van der Waals surface area contributed by atoms with E-state index in [0.717, 1.165) is 5.39 Å². The summed E-state index contributed by atoms with van der Waals surface area (Å²) >= 11 is 5.75. The third kappa shape index (κ3) is 4.03. The Hall–Kier alpha value is -2.31. The van der Waals surface area contributed by atoms with Gasteiger partial charge in [-0.3, -0.25) is 4.79 Å². The van der Waals surface area contributed by atoms with Crippen LogP contribution in [0.2, 0.25) is 5.02 Å². The standard InChI is InChI=1S/C18H16ClNO4S/c1-12(17-10-13-4-2-3-5-16(13)24-17)20-18(21)11-25(22,23)15-8-6-14(19)7-9-15/h2-10,12H,11H2,1H3,(H,20,21)/t12-/m1/s1.